The van der Waals surface area contributed by atoms with Gasteiger partial charge in [-0.05, 0) is 24.8 Å². The standard InChI is InChI=1S/C14H18N2O2S/c1-18-12-4-3-5-13(19-2)11(12)8-6-10-7-9-14(17)16-15-10/h3-6,8,10,15H,7,9H2,1-2H3,(H,16,17)/b8-6+. The van der Waals surface area contributed by atoms with Crippen LogP contribution in [0.15, 0.2) is 29.2 Å². The van der Waals surface area contributed by atoms with Gasteiger partial charge in [0.25, 0.3) is 0 Å². The summed E-state index contributed by atoms with van der Waals surface area (Å²) in [6.45, 7) is 0. The normalized spacial score (nSPS) is 19.5. The Bertz CT molecular complexity index is 456. The molecule has 1 heterocycles. The Morgan fingerprint density at radius 2 is 2.32 bits per heavy atom. The summed E-state index contributed by atoms with van der Waals surface area (Å²) in [6.07, 6.45) is 7.54. The number of ether oxygens (including phenoxy) is 1. The quantitative estimate of drug-likeness (QED) is 0.829. The minimum atomic E-state index is 0.0479. The third-order valence-electron chi connectivity index (χ3n) is 3.04. The number of thioether (sulfide) groups is 1. The van der Waals surface area contributed by atoms with Crippen molar-refractivity contribution in [1.29, 1.82) is 0 Å². The molecule has 0 bridgehead atoms. The van der Waals surface area contributed by atoms with Crippen LogP contribution in [0.3, 0.4) is 0 Å². The van der Waals surface area contributed by atoms with Gasteiger partial charge in [0.1, 0.15) is 5.75 Å². The van der Waals surface area contributed by atoms with Gasteiger partial charge in [-0.2, -0.15) is 0 Å². The first-order valence-corrected chi connectivity index (χ1v) is 7.40. The van der Waals surface area contributed by atoms with Gasteiger partial charge >= 0.3 is 0 Å². The van der Waals surface area contributed by atoms with Gasteiger partial charge in [0, 0.05) is 22.9 Å². The van der Waals surface area contributed by atoms with Crippen LogP contribution in [-0.2, 0) is 4.79 Å². The molecular weight excluding hydrogens is 260 g/mol. The zero-order valence-corrected chi connectivity index (χ0v) is 11.9. The van der Waals surface area contributed by atoms with E-state index in [1.165, 1.54) is 4.90 Å². The molecule has 1 saturated heterocycles. The van der Waals surface area contributed by atoms with Crippen molar-refractivity contribution >= 4 is 23.7 Å². The Labute approximate surface area is 117 Å². The second kappa shape index (κ2) is 6.63. The van der Waals surface area contributed by atoms with Gasteiger partial charge in [-0.3, -0.25) is 10.2 Å². The van der Waals surface area contributed by atoms with Gasteiger partial charge in [0.2, 0.25) is 5.91 Å². The molecule has 1 aromatic carbocycles. The van der Waals surface area contributed by atoms with Crippen molar-refractivity contribution in [2.45, 2.75) is 23.8 Å². The molecule has 0 aromatic heterocycles. The summed E-state index contributed by atoms with van der Waals surface area (Å²) >= 11 is 1.69. The van der Waals surface area contributed by atoms with Crippen molar-refractivity contribution in [3.8, 4) is 5.75 Å². The lowest BCUT2D eigenvalue weighted by molar-refractivity contribution is -0.123. The third-order valence-corrected chi connectivity index (χ3v) is 3.84. The van der Waals surface area contributed by atoms with Crippen LogP contribution in [0, 0.1) is 0 Å². The summed E-state index contributed by atoms with van der Waals surface area (Å²) in [5.74, 6) is 0.912. The number of nitrogens with one attached hydrogen (secondary N) is 2. The van der Waals surface area contributed by atoms with E-state index in [1.54, 1.807) is 18.9 Å². The monoisotopic (exact) mass is 278 g/mol. The molecule has 1 atom stereocenters. The molecule has 0 spiro atoms. The smallest absolute Gasteiger partial charge is 0.234 e. The molecule has 1 aliphatic heterocycles. The van der Waals surface area contributed by atoms with Gasteiger partial charge in [-0.15, -0.1) is 11.8 Å². The van der Waals surface area contributed by atoms with Crippen LogP contribution in [0.1, 0.15) is 18.4 Å². The molecular formula is C14H18N2O2S. The van der Waals surface area contributed by atoms with Crippen LogP contribution in [0.25, 0.3) is 6.08 Å². The molecule has 2 rings (SSSR count). The third kappa shape index (κ3) is 3.52. The summed E-state index contributed by atoms with van der Waals surface area (Å²) in [4.78, 5) is 12.2. The van der Waals surface area contributed by atoms with Crippen LogP contribution in [0.4, 0.5) is 0 Å². The highest BCUT2D eigenvalue weighted by molar-refractivity contribution is 7.98. The zero-order valence-electron chi connectivity index (χ0n) is 11.1. The lowest BCUT2D eigenvalue weighted by atomic mass is 10.1. The average molecular weight is 278 g/mol. The number of methoxy groups -OCH3 is 1. The van der Waals surface area contributed by atoms with Crippen molar-refractivity contribution in [3.05, 3.63) is 29.8 Å². The van der Waals surface area contributed by atoms with Crippen LogP contribution >= 0.6 is 11.8 Å². The van der Waals surface area contributed by atoms with E-state index in [-0.39, 0.29) is 11.9 Å². The maximum atomic E-state index is 11.1. The van der Waals surface area contributed by atoms with Gasteiger partial charge in [-0.25, -0.2) is 5.43 Å². The summed E-state index contributed by atoms with van der Waals surface area (Å²) < 4.78 is 5.39. The molecule has 0 aliphatic carbocycles. The van der Waals surface area contributed by atoms with E-state index in [9.17, 15) is 4.79 Å². The van der Waals surface area contributed by atoms with Gasteiger partial charge in [0.15, 0.2) is 0 Å². The average Bonchev–Trinajstić information content (AvgIpc) is 2.46. The Kier molecular flexibility index (Phi) is 4.87. The number of hydrogen-bond donors (Lipinski definition) is 2. The molecule has 1 aromatic rings. The van der Waals surface area contributed by atoms with Crippen LogP contribution < -0.4 is 15.6 Å². The second-order valence-electron chi connectivity index (χ2n) is 4.27. The van der Waals surface area contributed by atoms with Crippen molar-refractivity contribution in [2.24, 2.45) is 0 Å². The SMILES string of the molecule is COc1cccc(SC)c1/C=C/C1CCC(=O)NN1. The predicted molar refractivity (Wildman–Crippen MR) is 78.1 cm³/mol. The maximum Gasteiger partial charge on any atom is 0.234 e. The lowest BCUT2D eigenvalue weighted by Gasteiger charge is -2.21. The van der Waals surface area contributed by atoms with E-state index in [1.807, 2.05) is 18.4 Å². The highest BCUT2D eigenvalue weighted by atomic mass is 32.2. The van der Waals surface area contributed by atoms with Crippen molar-refractivity contribution in [2.75, 3.05) is 13.4 Å². The molecule has 1 unspecified atom stereocenters. The van der Waals surface area contributed by atoms with E-state index in [0.29, 0.717) is 6.42 Å². The Morgan fingerprint density at radius 3 is 2.95 bits per heavy atom. The molecule has 0 radical (unpaired) electrons. The summed E-state index contributed by atoms with van der Waals surface area (Å²) in [5.41, 5.74) is 6.71. The number of benzene rings is 1. The summed E-state index contributed by atoms with van der Waals surface area (Å²) in [7, 11) is 1.68. The van der Waals surface area contributed by atoms with Crippen molar-refractivity contribution in [3.63, 3.8) is 0 Å². The summed E-state index contributed by atoms with van der Waals surface area (Å²) in [6, 6.07) is 6.18. The molecule has 2 N–H and O–H groups in total. The highest BCUT2D eigenvalue weighted by Gasteiger charge is 2.15. The fourth-order valence-electron chi connectivity index (χ4n) is 2.00. The van der Waals surface area contributed by atoms with Crippen LogP contribution in [0.2, 0.25) is 0 Å². The molecule has 5 heteroatoms. The van der Waals surface area contributed by atoms with Crippen molar-refractivity contribution < 1.29 is 9.53 Å². The number of amides is 1. The fraction of sp³-hybridized carbons (Fsp3) is 0.357. The number of hydrazine groups is 1. The molecule has 0 saturated carbocycles. The molecule has 19 heavy (non-hydrogen) atoms. The number of carbonyl (C=O) groups excluding carboxylic acids is 1. The second-order valence-corrected chi connectivity index (χ2v) is 5.12. The van der Waals surface area contributed by atoms with Gasteiger partial charge in [-0.1, -0.05) is 18.2 Å². The minimum absolute atomic E-state index is 0.0479. The van der Waals surface area contributed by atoms with E-state index in [2.05, 4.69) is 29.1 Å². The number of hydrogen-bond acceptors (Lipinski definition) is 4. The number of carbonyl (C=O) groups is 1. The maximum absolute atomic E-state index is 11.1. The fourth-order valence-corrected chi connectivity index (χ4v) is 2.60. The Hall–Kier alpha value is -1.46. The largest absolute Gasteiger partial charge is 0.496 e. The first-order valence-electron chi connectivity index (χ1n) is 6.18. The predicted octanol–water partition coefficient (Wildman–Crippen LogP) is 2.21. The first kappa shape index (κ1) is 14.0. The highest BCUT2D eigenvalue weighted by Crippen LogP contribution is 2.30. The molecule has 4 nitrogen and oxygen atoms in total. The van der Waals surface area contributed by atoms with Gasteiger partial charge in [0.05, 0.1) is 7.11 Å². The molecule has 1 aliphatic rings. The van der Waals surface area contributed by atoms with E-state index >= 15 is 0 Å². The van der Waals surface area contributed by atoms with Crippen LogP contribution in [-0.4, -0.2) is 25.3 Å². The molecule has 1 amide bonds. The summed E-state index contributed by atoms with van der Waals surface area (Å²) in [5, 5.41) is 0. The first-order chi connectivity index (χ1) is 9.24. The van der Waals surface area contributed by atoms with E-state index < -0.39 is 0 Å². The van der Waals surface area contributed by atoms with E-state index in [4.69, 9.17) is 4.74 Å². The Balaban J connectivity index is 2.15. The van der Waals surface area contributed by atoms with E-state index in [0.717, 1.165) is 17.7 Å². The topological polar surface area (TPSA) is 50.4 Å². The molecule has 1 fully saturated rings. The van der Waals surface area contributed by atoms with Gasteiger partial charge < -0.3 is 4.74 Å². The zero-order chi connectivity index (χ0) is 13.7. The Morgan fingerprint density at radius 1 is 1.47 bits per heavy atom. The minimum Gasteiger partial charge on any atom is -0.496 e. The molecule has 102 valence electrons. The van der Waals surface area contributed by atoms with Crippen molar-refractivity contribution in [1.82, 2.24) is 10.9 Å². The lowest BCUT2D eigenvalue weighted by Crippen LogP contribution is -2.48. The van der Waals surface area contributed by atoms with Crippen LogP contribution in [0.5, 0.6) is 5.75 Å². The number of rotatable bonds is 4.